The van der Waals surface area contributed by atoms with Crippen molar-refractivity contribution >= 4 is 68.3 Å². The molecule has 0 heterocycles. The third-order valence-corrected chi connectivity index (χ3v) is 8.75. The van der Waals surface area contributed by atoms with Crippen molar-refractivity contribution < 1.29 is 20.0 Å². The van der Waals surface area contributed by atoms with Crippen molar-refractivity contribution in [3.05, 3.63) is 59.7 Å². The molecule has 36 heavy (non-hydrogen) atoms. The van der Waals surface area contributed by atoms with Crippen molar-refractivity contribution in [2.45, 2.75) is 22.6 Å². The molecule has 2 aromatic rings. The van der Waals surface area contributed by atoms with Crippen LogP contribution in [-0.4, -0.2) is 70.8 Å². The zero-order chi connectivity index (χ0) is 26.2. The van der Waals surface area contributed by atoms with Crippen LogP contribution in [0.1, 0.15) is 11.1 Å². The molecule has 0 bridgehead atoms. The molecule has 0 aliphatic carbocycles. The second kappa shape index (κ2) is 17.2. The van der Waals surface area contributed by atoms with Gasteiger partial charge in [0.05, 0.1) is 0 Å². The molecule has 8 nitrogen and oxygen atoms in total. The van der Waals surface area contributed by atoms with E-state index in [9.17, 15) is 20.0 Å². The zero-order valence-corrected chi connectivity index (χ0v) is 23.4. The lowest BCUT2D eigenvalue weighted by Crippen LogP contribution is -2.34. The van der Waals surface area contributed by atoms with Crippen LogP contribution in [0.5, 0.6) is 0 Å². The van der Waals surface area contributed by atoms with E-state index in [-0.39, 0.29) is 24.3 Å². The number of amides is 2. The number of thioether (sulfide) groups is 2. The molecule has 0 aliphatic heterocycles. The van der Waals surface area contributed by atoms with Gasteiger partial charge >= 0.3 is 0 Å². The predicted octanol–water partition coefficient (Wildman–Crippen LogP) is 4.19. The number of carbonyl (C=O) groups is 2. The molecule has 0 spiro atoms. The van der Waals surface area contributed by atoms with Crippen LogP contribution in [0.4, 0.5) is 0 Å². The number of nitrogens with one attached hydrogen (secondary N) is 2. The molecule has 0 atom stereocenters. The summed E-state index contributed by atoms with van der Waals surface area (Å²) < 4.78 is 0. The smallest absolute Gasteiger partial charge is 0.269 e. The molecule has 0 fully saturated rings. The molecule has 2 rings (SSSR count). The first-order valence-electron chi connectivity index (χ1n) is 11.0. The van der Waals surface area contributed by atoms with Crippen LogP contribution in [0.2, 0.25) is 0 Å². The van der Waals surface area contributed by atoms with E-state index in [1.54, 1.807) is 45.1 Å². The second-order valence-corrected chi connectivity index (χ2v) is 11.8. The van der Waals surface area contributed by atoms with Crippen LogP contribution in [0.3, 0.4) is 0 Å². The van der Waals surface area contributed by atoms with E-state index in [1.807, 2.05) is 61.0 Å². The van der Waals surface area contributed by atoms with E-state index in [0.717, 1.165) is 20.9 Å². The highest BCUT2D eigenvalue weighted by atomic mass is 33.1. The summed E-state index contributed by atoms with van der Waals surface area (Å²) in [6, 6.07) is 15.5. The number of benzene rings is 2. The number of oxime groups is 2. The summed E-state index contributed by atoms with van der Waals surface area (Å²) in [7, 11) is 3.12. The summed E-state index contributed by atoms with van der Waals surface area (Å²) in [6.07, 6.45) is 4.48. The van der Waals surface area contributed by atoms with Crippen molar-refractivity contribution in [3.63, 3.8) is 0 Å². The first-order valence-corrected chi connectivity index (χ1v) is 15.9. The Kier molecular flexibility index (Phi) is 14.3. The Morgan fingerprint density at radius 1 is 0.694 bits per heavy atom. The van der Waals surface area contributed by atoms with Crippen LogP contribution >= 0.6 is 45.1 Å². The number of nitrogens with zero attached hydrogens (tertiary/aromatic N) is 2. The average Bonchev–Trinajstić information content (AvgIpc) is 2.92. The van der Waals surface area contributed by atoms with E-state index in [0.29, 0.717) is 24.6 Å². The second-order valence-electron chi connectivity index (χ2n) is 7.30. The molecule has 0 radical (unpaired) electrons. The van der Waals surface area contributed by atoms with Gasteiger partial charge in [-0.1, -0.05) is 56.2 Å². The zero-order valence-electron chi connectivity index (χ0n) is 20.1. The molecule has 0 aliphatic rings. The average molecular weight is 567 g/mol. The fraction of sp³-hybridized carbons (Fsp3) is 0.333. The Balaban J connectivity index is 1.59. The fourth-order valence-electron chi connectivity index (χ4n) is 2.93. The molecule has 4 N–H and O–H groups in total. The van der Waals surface area contributed by atoms with Crippen molar-refractivity contribution in [1.29, 1.82) is 0 Å². The van der Waals surface area contributed by atoms with Crippen molar-refractivity contribution in [1.82, 2.24) is 10.6 Å². The van der Waals surface area contributed by atoms with Crippen LogP contribution in [0.25, 0.3) is 0 Å². The van der Waals surface area contributed by atoms with Gasteiger partial charge < -0.3 is 21.0 Å². The normalized spacial score (nSPS) is 11.8. The number of hydrogen-bond acceptors (Lipinski definition) is 10. The highest BCUT2D eigenvalue weighted by Gasteiger charge is 2.14. The topological polar surface area (TPSA) is 123 Å². The first-order chi connectivity index (χ1) is 17.5. The monoisotopic (exact) mass is 566 g/mol. The molecule has 194 valence electrons. The van der Waals surface area contributed by atoms with Crippen molar-refractivity contribution in [2.75, 3.05) is 37.1 Å². The molecule has 2 amide bonds. The van der Waals surface area contributed by atoms with Gasteiger partial charge in [-0.3, -0.25) is 9.59 Å². The van der Waals surface area contributed by atoms with E-state index >= 15 is 0 Å². The van der Waals surface area contributed by atoms with Gasteiger partial charge in [-0.05, 0) is 47.9 Å². The maximum atomic E-state index is 12.3. The van der Waals surface area contributed by atoms with Gasteiger partial charge in [0, 0.05) is 47.2 Å². The molecule has 0 unspecified atom stereocenters. The summed E-state index contributed by atoms with van der Waals surface area (Å²) in [5.74, 6) is 0.508. The van der Waals surface area contributed by atoms with Gasteiger partial charge in [0.1, 0.15) is 11.4 Å². The quantitative estimate of drug-likeness (QED) is 0.0632. The molecule has 0 saturated carbocycles. The minimum atomic E-state index is -0.400. The summed E-state index contributed by atoms with van der Waals surface area (Å²) in [5.41, 5.74) is 1.92. The van der Waals surface area contributed by atoms with Gasteiger partial charge in [-0.25, -0.2) is 0 Å². The van der Waals surface area contributed by atoms with Gasteiger partial charge in [0.2, 0.25) is 0 Å². The summed E-state index contributed by atoms with van der Waals surface area (Å²) in [5, 5.41) is 30.3. The standard InChI is InChI=1S/C24H30N4O4S4/c1-33-19-7-3-17(4-8-19)15-21(27-31)23(29)25-11-13-35-36-14-12-26-24(30)22(28-32)16-18-5-9-20(34-2)10-6-18/h3-10,31-32H,11-16H2,1-2H3,(H,25,29)(H,26,30)/b27-21+,28-22+. The number of rotatable bonds is 15. The molecular weight excluding hydrogens is 537 g/mol. The van der Waals surface area contributed by atoms with E-state index in [2.05, 4.69) is 20.9 Å². The van der Waals surface area contributed by atoms with Gasteiger partial charge in [0.15, 0.2) is 0 Å². The summed E-state index contributed by atoms with van der Waals surface area (Å²) >= 11 is 3.27. The maximum Gasteiger partial charge on any atom is 0.269 e. The van der Waals surface area contributed by atoms with Crippen LogP contribution in [-0.2, 0) is 22.4 Å². The Labute approximate surface area is 227 Å². The van der Waals surface area contributed by atoms with Gasteiger partial charge in [0.25, 0.3) is 11.8 Å². The lowest BCUT2D eigenvalue weighted by Gasteiger charge is -2.08. The van der Waals surface area contributed by atoms with E-state index in [1.165, 1.54) is 0 Å². The predicted molar refractivity (Wildman–Crippen MR) is 153 cm³/mol. The third-order valence-electron chi connectivity index (χ3n) is 4.85. The molecule has 2 aromatic carbocycles. The minimum Gasteiger partial charge on any atom is -0.410 e. The van der Waals surface area contributed by atoms with E-state index in [4.69, 9.17) is 0 Å². The fourth-order valence-corrected chi connectivity index (χ4v) is 5.56. The summed E-state index contributed by atoms with van der Waals surface area (Å²) in [6.45, 7) is 0.841. The van der Waals surface area contributed by atoms with Crippen LogP contribution < -0.4 is 10.6 Å². The molecule has 0 saturated heterocycles. The lowest BCUT2D eigenvalue weighted by atomic mass is 10.1. The van der Waals surface area contributed by atoms with Crippen molar-refractivity contribution in [3.8, 4) is 0 Å². The largest absolute Gasteiger partial charge is 0.410 e. The van der Waals surface area contributed by atoms with Gasteiger partial charge in [-0.2, -0.15) is 0 Å². The Bertz CT molecular complexity index is 948. The maximum absolute atomic E-state index is 12.3. The summed E-state index contributed by atoms with van der Waals surface area (Å²) in [4.78, 5) is 26.8. The van der Waals surface area contributed by atoms with E-state index < -0.39 is 11.8 Å². The highest BCUT2D eigenvalue weighted by Crippen LogP contribution is 2.19. The highest BCUT2D eigenvalue weighted by molar-refractivity contribution is 8.76. The van der Waals surface area contributed by atoms with Crippen molar-refractivity contribution in [2.24, 2.45) is 10.3 Å². The van der Waals surface area contributed by atoms with Gasteiger partial charge in [-0.15, -0.1) is 23.5 Å². The number of carbonyl (C=O) groups excluding carboxylic acids is 2. The lowest BCUT2D eigenvalue weighted by molar-refractivity contribution is -0.115. The first kappa shape index (κ1) is 29.9. The molecule has 0 aromatic heterocycles. The van der Waals surface area contributed by atoms with Crippen LogP contribution in [0, 0.1) is 0 Å². The SMILES string of the molecule is CSc1ccc(C/C(=N\O)C(=O)NCCSSCCNC(=O)/C(Cc2ccc(SC)cc2)=N/O)cc1. The van der Waals surface area contributed by atoms with Crippen LogP contribution in [0.15, 0.2) is 68.6 Å². The number of hydrogen-bond donors (Lipinski definition) is 4. The molecule has 12 heteroatoms. The third kappa shape index (κ3) is 10.8. The Morgan fingerprint density at radius 3 is 1.36 bits per heavy atom. The molecular formula is C24H30N4O4S4. The Hall–Kier alpha value is -2.28. The Morgan fingerprint density at radius 2 is 1.06 bits per heavy atom. The minimum absolute atomic E-state index is 0.0637.